The van der Waals surface area contributed by atoms with E-state index in [4.69, 9.17) is 0 Å². The van der Waals surface area contributed by atoms with Gasteiger partial charge in [0.2, 0.25) is 0 Å². The summed E-state index contributed by atoms with van der Waals surface area (Å²) < 4.78 is 0. The maximum absolute atomic E-state index is 4.63. The minimum Gasteiger partial charge on any atom is -0.236 e. The van der Waals surface area contributed by atoms with E-state index in [1.807, 2.05) is 36.5 Å². The summed E-state index contributed by atoms with van der Waals surface area (Å²) in [5, 5.41) is 0. The summed E-state index contributed by atoms with van der Waals surface area (Å²) in [4.78, 5) is 9.01. The Balaban J connectivity index is 2.48. The van der Waals surface area contributed by atoms with Gasteiger partial charge in [0.15, 0.2) is 5.82 Å². The van der Waals surface area contributed by atoms with Gasteiger partial charge in [0.05, 0.1) is 0 Å². The number of benzene rings is 1. The molecule has 2 nitrogen and oxygen atoms in total. The van der Waals surface area contributed by atoms with E-state index >= 15 is 0 Å². The summed E-state index contributed by atoms with van der Waals surface area (Å²) in [6.45, 7) is 6.37. The Kier molecular flexibility index (Phi) is 3.00. The first kappa shape index (κ1) is 10.8. The standard InChI is InChI=1S/C14H16N2/c1-10(2)13-11(3)9-15-14(16-13)12-7-5-4-6-8-12/h4-10H,1-3H3. The molecule has 0 aliphatic rings. The maximum atomic E-state index is 4.63. The van der Waals surface area contributed by atoms with Gasteiger partial charge in [-0.05, 0) is 18.4 Å². The number of nitrogens with zero attached hydrogens (tertiary/aromatic N) is 2. The normalized spacial score (nSPS) is 10.8. The fourth-order valence-electron chi connectivity index (χ4n) is 1.77. The zero-order valence-corrected chi connectivity index (χ0v) is 9.94. The molecule has 1 aromatic heterocycles. The van der Waals surface area contributed by atoms with Crippen LogP contribution < -0.4 is 0 Å². The number of hydrogen-bond acceptors (Lipinski definition) is 2. The smallest absolute Gasteiger partial charge is 0.159 e. The molecule has 0 spiro atoms. The second-order valence-electron chi connectivity index (χ2n) is 4.28. The molecular formula is C14H16N2. The molecule has 1 heterocycles. The van der Waals surface area contributed by atoms with Gasteiger partial charge in [-0.1, -0.05) is 44.2 Å². The topological polar surface area (TPSA) is 25.8 Å². The van der Waals surface area contributed by atoms with Crippen molar-refractivity contribution < 1.29 is 0 Å². The van der Waals surface area contributed by atoms with Gasteiger partial charge < -0.3 is 0 Å². The molecule has 0 saturated heterocycles. The first-order chi connectivity index (χ1) is 7.68. The fourth-order valence-corrected chi connectivity index (χ4v) is 1.77. The molecule has 0 bridgehead atoms. The highest BCUT2D eigenvalue weighted by molar-refractivity contribution is 5.54. The Morgan fingerprint density at radius 1 is 1.06 bits per heavy atom. The number of hydrogen-bond donors (Lipinski definition) is 0. The molecular weight excluding hydrogens is 196 g/mol. The van der Waals surface area contributed by atoms with Gasteiger partial charge in [-0.15, -0.1) is 0 Å². The molecule has 0 saturated carbocycles. The van der Waals surface area contributed by atoms with Gasteiger partial charge in [-0.25, -0.2) is 9.97 Å². The van der Waals surface area contributed by atoms with Crippen molar-refractivity contribution in [1.82, 2.24) is 9.97 Å². The van der Waals surface area contributed by atoms with Crippen molar-refractivity contribution in [2.75, 3.05) is 0 Å². The van der Waals surface area contributed by atoms with E-state index in [0.717, 1.165) is 22.6 Å². The third-order valence-electron chi connectivity index (χ3n) is 2.59. The Morgan fingerprint density at radius 2 is 1.75 bits per heavy atom. The molecule has 0 radical (unpaired) electrons. The van der Waals surface area contributed by atoms with E-state index in [1.54, 1.807) is 0 Å². The monoisotopic (exact) mass is 212 g/mol. The van der Waals surface area contributed by atoms with E-state index < -0.39 is 0 Å². The van der Waals surface area contributed by atoms with Gasteiger partial charge in [-0.3, -0.25) is 0 Å². The number of rotatable bonds is 2. The molecule has 0 N–H and O–H groups in total. The lowest BCUT2D eigenvalue weighted by Crippen LogP contribution is -2.00. The highest BCUT2D eigenvalue weighted by Gasteiger charge is 2.08. The van der Waals surface area contributed by atoms with E-state index in [-0.39, 0.29) is 0 Å². The van der Waals surface area contributed by atoms with Gasteiger partial charge in [0.25, 0.3) is 0 Å². The van der Waals surface area contributed by atoms with Crippen LogP contribution in [0.4, 0.5) is 0 Å². The van der Waals surface area contributed by atoms with Crippen molar-refractivity contribution >= 4 is 0 Å². The second kappa shape index (κ2) is 4.44. The van der Waals surface area contributed by atoms with Crippen LogP contribution >= 0.6 is 0 Å². The molecule has 2 rings (SSSR count). The molecule has 0 fully saturated rings. The van der Waals surface area contributed by atoms with Crippen molar-refractivity contribution in [2.45, 2.75) is 26.7 Å². The molecule has 1 aromatic carbocycles. The number of aryl methyl sites for hydroxylation is 1. The Hall–Kier alpha value is -1.70. The molecule has 2 heteroatoms. The lowest BCUT2D eigenvalue weighted by atomic mass is 10.1. The average molecular weight is 212 g/mol. The summed E-state index contributed by atoms with van der Waals surface area (Å²) in [5.74, 6) is 1.25. The van der Waals surface area contributed by atoms with Crippen molar-refractivity contribution in [3.63, 3.8) is 0 Å². The van der Waals surface area contributed by atoms with Crippen molar-refractivity contribution in [2.24, 2.45) is 0 Å². The highest BCUT2D eigenvalue weighted by Crippen LogP contribution is 2.20. The zero-order chi connectivity index (χ0) is 11.5. The van der Waals surface area contributed by atoms with Crippen molar-refractivity contribution in [3.8, 4) is 11.4 Å². The Labute approximate surface area is 96.4 Å². The van der Waals surface area contributed by atoms with E-state index in [0.29, 0.717) is 5.92 Å². The van der Waals surface area contributed by atoms with Crippen LogP contribution in [0, 0.1) is 6.92 Å². The predicted molar refractivity (Wildman–Crippen MR) is 66.3 cm³/mol. The third kappa shape index (κ3) is 2.11. The van der Waals surface area contributed by atoms with Gasteiger partial charge in [0, 0.05) is 17.5 Å². The first-order valence-electron chi connectivity index (χ1n) is 5.57. The van der Waals surface area contributed by atoms with Crippen LogP contribution in [0.15, 0.2) is 36.5 Å². The lowest BCUT2D eigenvalue weighted by Gasteiger charge is -2.09. The molecule has 0 aliphatic heterocycles. The van der Waals surface area contributed by atoms with Crippen LogP contribution in [-0.4, -0.2) is 9.97 Å². The molecule has 16 heavy (non-hydrogen) atoms. The van der Waals surface area contributed by atoms with Crippen LogP contribution in [0.5, 0.6) is 0 Å². The van der Waals surface area contributed by atoms with Crippen LogP contribution in [0.1, 0.15) is 31.0 Å². The molecule has 0 atom stereocenters. The summed E-state index contributed by atoms with van der Waals surface area (Å²) >= 11 is 0. The summed E-state index contributed by atoms with van der Waals surface area (Å²) in [6, 6.07) is 10.1. The van der Waals surface area contributed by atoms with Crippen LogP contribution in [0.2, 0.25) is 0 Å². The average Bonchev–Trinajstić information content (AvgIpc) is 2.30. The predicted octanol–water partition coefficient (Wildman–Crippen LogP) is 3.58. The highest BCUT2D eigenvalue weighted by atomic mass is 14.9. The van der Waals surface area contributed by atoms with E-state index in [2.05, 4.69) is 30.7 Å². The summed E-state index contributed by atoms with van der Waals surface area (Å²) in [6.07, 6.45) is 1.91. The summed E-state index contributed by atoms with van der Waals surface area (Å²) in [7, 11) is 0. The number of aromatic nitrogens is 2. The third-order valence-corrected chi connectivity index (χ3v) is 2.59. The second-order valence-corrected chi connectivity index (χ2v) is 4.28. The first-order valence-corrected chi connectivity index (χ1v) is 5.57. The van der Waals surface area contributed by atoms with E-state index in [9.17, 15) is 0 Å². The van der Waals surface area contributed by atoms with Gasteiger partial charge in [-0.2, -0.15) is 0 Å². The maximum Gasteiger partial charge on any atom is 0.159 e. The van der Waals surface area contributed by atoms with Gasteiger partial charge >= 0.3 is 0 Å². The van der Waals surface area contributed by atoms with Crippen molar-refractivity contribution in [1.29, 1.82) is 0 Å². The lowest BCUT2D eigenvalue weighted by molar-refractivity contribution is 0.804. The molecule has 0 aliphatic carbocycles. The largest absolute Gasteiger partial charge is 0.236 e. The van der Waals surface area contributed by atoms with Crippen LogP contribution in [0.3, 0.4) is 0 Å². The van der Waals surface area contributed by atoms with E-state index in [1.165, 1.54) is 0 Å². The molecule has 0 amide bonds. The molecule has 2 aromatic rings. The minimum atomic E-state index is 0.436. The Bertz CT molecular complexity index is 475. The molecule has 0 unspecified atom stereocenters. The van der Waals surface area contributed by atoms with Crippen LogP contribution in [0.25, 0.3) is 11.4 Å². The minimum absolute atomic E-state index is 0.436. The van der Waals surface area contributed by atoms with Crippen molar-refractivity contribution in [3.05, 3.63) is 47.8 Å². The summed E-state index contributed by atoms with van der Waals surface area (Å²) in [5.41, 5.74) is 3.37. The zero-order valence-electron chi connectivity index (χ0n) is 9.94. The fraction of sp³-hybridized carbons (Fsp3) is 0.286. The Morgan fingerprint density at radius 3 is 2.38 bits per heavy atom. The SMILES string of the molecule is Cc1cnc(-c2ccccc2)nc1C(C)C. The van der Waals surface area contributed by atoms with Crippen LogP contribution in [-0.2, 0) is 0 Å². The molecule has 82 valence electrons. The quantitative estimate of drug-likeness (QED) is 0.760. The van der Waals surface area contributed by atoms with Gasteiger partial charge in [0.1, 0.15) is 0 Å².